The average Bonchev–Trinajstić information content (AvgIpc) is 3.40. The summed E-state index contributed by atoms with van der Waals surface area (Å²) < 4.78 is 4.39. The molecule has 0 N–H and O–H groups in total. The highest BCUT2D eigenvalue weighted by Gasteiger charge is 2.22. The normalized spacial score (nSPS) is 12.3. The Kier molecular flexibility index (Phi) is 4.33. The molecule has 174 valence electrons. The van der Waals surface area contributed by atoms with Crippen LogP contribution in [0.25, 0.3) is 55.6 Å². The zero-order valence-corrected chi connectivity index (χ0v) is 20.5. The molecule has 4 aromatic heterocycles. The molecule has 0 aliphatic heterocycles. The van der Waals surface area contributed by atoms with Gasteiger partial charge in [-0.3, -0.25) is 14.1 Å². The van der Waals surface area contributed by atoms with Crippen molar-refractivity contribution in [2.75, 3.05) is 0 Å². The fourth-order valence-electron chi connectivity index (χ4n) is 5.14. The number of nitrogens with zero attached hydrogens (tertiary/aromatic N) is 5. The molecule has 0 atom stereocenters. The monoisotopic (exact) mass is 467 g/mol. The average molecular weight is 468 g/mol. The SMILES string of the molecule is CC(C)(C)c1ccc(-n2c3cccnc3c3nc4c5ccccc5n(-c5ccccc5)c4nc32)cc1. The summed E-state index contributed by atoms with van der Waals surface area (Å²) in [6.07, 6.45) is 1.83. The maximum atomic E-state index is 5.30. The van der Waals surface area contributed by atoms with E-state index in [0.717, 1.165) is 55.6 Å². The minimum atomic E-state index is 0.0868. The fraction of sp³-hybridized carbons (Fsp3) is 0.129. The summed E-state index contributed by atoms with van der Waals surface area (Å²) in [4.78, 5) is 15.2. The third-order valence-electron chi connectivity index (χ3n) is 6.94. The van der Waals surface area contributed by atoms with Crippen molar-refractivity contribution in [1.82, 2.24) is 24.1 Å². The van der Waals surface area contributed by atoms with Crippen LogP contribution in [0.4, 0.5) is 0 Å². The van der Waals surface area contributed by atoms with E-state index in [-0.39, 0.29) is 5.41 Å². The number of aromatic nitrogens is 5. The second kappa shape index (κ2) is 7.49. The van der Waals surface area contributed by atoms with Crippen LogP contribution in [-0.4, -0.2) is 24.1 Å². The van der Waals surface area contributed by atoms with Gasteiger partial charge in [0.05, 0.1) is 11.0 Å². The van der Waals surface area contributed by atoms with E-state index >= 15 is 0 Å². The van der Waals surface area contributed by atoms with Gasteiger partial charge in [0, 0.05) is 23.0 Å². The molecule has 0 aliphatic rings. The molecule has 0 bridgehead atoms. The number of para-hydroxylation sites is 2. The minimum absolute atomic E-state index is 0.0868. The molecule has 4 heterocycles. The lowest BCUT2D eigenvalue weighted by Crippen LogP contribution is -2.10. The minimum Gasteiger partial charge on any atom is -0.292 e. The van der Waals surface area contributed by atoms with E-state index in [9.17, 15) is 0 Å². The maximum absolute atomic E-state index is 5.30. The summed E-state index contributed by atoms with van der Waals surface area (Å²) in [5.41, 5.74) is 9.78. The Morgan fingerprint density at radius 1 is 0.556 bits per heavy atom. The van der Waals surface area contributed by atoms with E-state index in [1.54, 1.807) is 0 Å². The van der Waals surface area contributed by atoms with Gasteiger partial charge in [-0.25, -0.2) is 9.97 Å². The zero-order valence-electron chi connectivity index (χ0n) is 20.5. The zero-order chi connectivity index (χ0) is 24.4. The summed E-state index contributed by atoms with van der Waals surface area (Å²) in [6.45, 7) is 6.70. The first kappa shape index (κ1) is 20.8. The quantitative estimate of drug-likeness (QED) is 0.267. The number of fused-ring (bicyclic) bond motifs is 6. The summed E-state index contributed by atoms with van der Waals surface area (Å²) in [5, 5.41) is 1.08. The van der Waals surface area contributed by atoms with Crippen LogP contribution in [-0.2, 0) is 5.41 Å². The molecular formula is C31H25N5. The second-order valence-electron chi connectivity index (χ2n) is 10.3. The van der Waals surface area contributed by atoms with Crippen LogP contribution in [0.5, 0.6) is 0 Å². The van der Waals surface area contributed by atoms with Gasteiger partial charge in [0.25, 0.3) is 0 Å². The molecule has 0 saturated carbocycles. The first-order valence-corrected chi connectivity index (χ1v) is 12.2. The summed E-state index contributed by atoms with van der Waals surface area (Å²) in [5.74, 6) is 0. The van der Waals surface area contributed by atoms with Gasteiger partial charge in [-0.15, -0.1) is 0 Å². The molecule has 0 radical (unpaired) electrons. The number of pyridine rings is 1. The number of benzene rings is 3. The largest absolute Gasteiger partial charge is 0.292 e. The molecule has 0 spiro atoms. The third kappa shape index (κ3) is 2.99. The lowest BCUT2D eigenvalue weighted by atomic mass is 9.87. The summed E-state index contributed by atoms with van der Waals surface area (Å²) >= 11 is 0. The van der Waals surface area contributed by atoms with Crippen molar-refractivity contribution in [3.63, 3.8) is 0 Å². The van der Waals surface area contributed by atoms with Crippen molar-refractivity contribution in [3.05, 3.63) is 103 Å². The van der Waals surface area contributed by atoms with Crippen molar-refractivity contribution in [1.29, 1.82) is 0 Å². The Bertz CT molecular complexity index is 1900. The number of hydrogen-bond acceptors (Lipinski definition) is 3. The standard InChI is InChI=1S/C31H25N5/c1-31(2,3)20-15-17-22(18-16-20)36-25-14-9-19-32-27(25)28-30(36)34-29-26(33-28)23-12-7-8-13-24(23)35(29)21-10-5-4-6-11-21/h4-19H,1-3H3. The molecule has 7 aromatic rings. The van der Waals surface area contributed by atoms with Crippen LogP contribution >= 0.6 is 0 Å². The Balaban J connectivity index is 1.61. The van der Waals surface area contributed by atoms with Gasteiger partial charge in [0.15, 0.2) is 11.3 Å². The van der Waals surface area contributed by atoms with Crippen LogP contribution in [0.15, 0.2) is 97.2 Å². The summed E-state index contributed by atoms with van der Waals surface area (Å²) in [7, 11) is 0. The van der Waals surface area contributed by atoms with E-state index < -0.39 is 0 Å². The first-order valence-electron chi connectivity index (χ1n) is 12.2. The first-order chi connectivity index (χ1) is 17.5. The predicted molar refractivity (Wildman–Crippen MR) is 147 cm³/mol. The Labute approximate surface area is 208 Å². The van der Waals surface area contributed by atoms with Crippen LogP contribution in [0.2, 0.25) is 0 Å². The molecule has 0 amide bonds. The van der Waals surface area contributed by atoms with Gasteiger partial charge in [-0.1, -0.05) is 69.3 Å². The highest BCUT2D eigenvalue weighted by molar-refractivity contribution is 6.11. The van der Waals surface area contributed by atoms with Gasteiger partial charge >= 0.3 is 0 Å². The molecule has 3 aromatic carbocycles. The Hall–Kier alpha value is -4.51. The number of hydrogen-bond donors (Lipinski definition) is 0. The number of rotatable bonds is 2. The van der Waals surface area contributed by atoms with Gasteiger partial charge in [-0.05, 0) is 53.4 Å². The van der Waals surface area contributed by atoms with Gasteiger partial charge in [0.2, 0.25) is 0 Å². The van der Waals surface area contributed by atoms with Crippen LogP contribution < -0.4 is 0 Å². The molecular weight excluding hydrogens is 442 g/mol. The molecule has 36 heavy (non-hydrogen) atoms. The highest BCUT2D eigenvalue weighted by Crippen LogP contribution is 2.35. The molecule has 0 saturated heterocycles. The molecule has 5 nitrogen and oxygen atoms in total. The van der Waals surface area contributed by atoms with Crippen molar-refractivity contribution >= 4 is 44.3 Å². The Morgan fingerprint density at radius 2 is 1.19 bits per heavy atom. The lowest BCUT2D eigenvalue weighted by Gasteiger charge is -2.19. The molecule has 0 aliphatic carbocycles. The van der Waals surface area contributed by atoms with E-state index in [1.165, 1.54) is 5.56 Å². The van der Waals surface area contributed by atoms with Crippen molar-refractivity contribution in [3.8, 4) is 11.4 Å². The van der Waals surface area contributed by atoms with Crippen LogP contribution in [0.1, 0.15) is 26.3 Å². The lowest BCUT2D eigenvalue weighted by molar-refractivity contribution is 0.590. The topological polar surface area (TPSA) is 48.5 Å². The van der Waals surface area contributed by atoms with Crippen molar-refractivity contribution < 1.29 is 0 Å². The van der Waals surface area contributed by atoms with E-state index in [4.69, 9.17) is 15.0 Å². The second-order valence-corrected chi connectivity index (χ2v) is 10.3. The predicted octanol–water partition coefficient (Wildman–Crippen LogP) is 7.36. The van der Waals surface area contributed by atoms with E-state index in [1.807, 2.05) is 18.3 Å². The summed E-state index contributed by atoms with van der Waals surface area (Å²) in [6, 6.07) is 31.6. The molecule has 5 heteroatoms. The molecule has 0 fully saturated rings. The van der Waals surface area contributed by atoms with Gasteiger partial charge in [0.1, 0.15) is 16.6 Å². The van der Waals surface area contributed by atoms with Gasteiger partial charge < -0.3 is 0 Å². The van der Waals surface area contributed by atoms with Gasteiger partial charge in [-0.2, -0.15) is 0 Å². The van der Waals surface area contributed by atoms with E-state index in [2.05, 4.69) is 109 Å². The molecule has 0 unspecified atom stereocenters. The third-order valence-corrected chi connectivity index (χ3v) is 6.94. The van der Waals surface area contributed by atoms with E-state index in [0.29, 0.717) is 0 Å². The van der Waals surface area contributed by atoms with Crippen LogP contribution in [0.3, 0.4) is 0 Å². The highest BCUT2D eigenvalue weighted by atomic mass is 15.1. The fourth-order valence-corrected chi connectivity index (χ4v) is 5.14. The van der Waals surface area contributed by atoms with Crippen molar-refractivity contribution in [2.24, 2.45) is 0 Å². The Morgan fingerprint density at radius 3 is 1.97 bits per heavy atom. The molecule has 7 rings (SSSR count). The maximum Gasteiger partial charge on any atom is 0.168 e. The van der Waals surface area contributed by atoms with Crippen LogP contribution in [0, 0.1) is 0 Å². The smallest absolute Gasteiger partial charge is 0.168 e. The van der Waals surface area contributed by atoms with Crippen molar-refractivity contribution in [2.45, 2.75) is 26.2 Å².